The number of rotatable bonds is 4. The molecule has 1 amide bonds. The van der Waals surface area contributed by atoms with E-state index in [2.05, 4.69) is 26.1 Å². The minimum atomic E-state index is -0.430. The van der Waals surface area contributed by atoms with E-state index in [0.717, 1.165) is 25.9 Å². The summed E-state index contributed by atoms with van der Waals surface area (Å²) in [6, 6.07) is 4.27. The van der Waals surface area contributed by atoms with Crippen molar-refractivity contribution in [2.24, 2.45) is 5.73 Å². The van der Waals surface area contributed by atoms with Crippen LogP contribution in [0.1, 0.15) is 23.2 Å². The van der Waals surface area contributed by atoms with Gasteiger partial charge < -0.3 is 11.1 Å². The van der Waals surface area contributed by atoms with Gasteiger partial charge in [-0.1, -0.05) is 28.1 Å². The highest BCUT2D eigenvalue weighted by Crippen LogP contribution is 2.16. The normalized spacial score (nSPS) is 16.7. The number of hydrogen-bond donors (Lipinski definition) is 2. The maximum atomic E-state index is 13.3. The van der Waals surface area contributed by atoms with E-state index >= 15 is 0 Å². The number of halogens is 2. The summed E-state index contributed by atoms with van der Waals surface area (Å²) in [6.45, 7) is 2.30. The fraction of sp³-hybridized carbons (Fsp3) is 0.429. The molecule has 1 aliphatic rings. The Labute approximate surface area is 137 Å². The number of likely N-dealkylation sites (tertiary alicyclic amines) is 1. The van der Waals surface area contributed by atoms with Gasteiger partial charge in [0.1, 0.15) is 5.82 Å². The molecule has 0 atom stereocenters. The van der Waals surface area contributed by atoms with E-state index in [0.29, 0.717) is 21.6 Å². The zero-order chi connectivity index (χ0) is 15.4. The van der Waals surface area contributed by atoms with Crippen LogP contribution in [0.3, 0.4) is 0 Å². The molecule has 0 bridgehead atoms. The predicted molar refractivity (Wildman–Crippen MR) is 87.8 cm³/mol. The highest BCUT2D eigenvalue weighted by molar-refractivity contribution is 9.10. The third-order valence-electron chi connectivity index (χ3n) is 3.43. The van der Waals surface area contributed by atoms with Crippen LogP contribution in [0.2, 0.25) is 0 Å². The first-order valence-corrected chi connectivity index (χ1v) is 7.92. The number of nitrogens with zero attached hydrogens (tertiary/aromatic N) is 1. The lowest BCUT2D eigenvalue weighted by atomic mass is 10.0. The fourth-order valence-corrected chi connectivity index (χ4v) is 3.06. The lowest BCUT2D eigenvalue weighted by molar-refractivity contribution is 0.0914. The second-order valence-electron chi connectivity index (χ2n) is 5.15. The van der Waals surface area contributed by atoms with Gasteiger partial charge >= 0.3 is 0 Å². The van der Waals surface area contributed by atoms with Gasteiger partial charge in [0, 0.05) is 35.7 Å². The first-order chi connectivity index (χ1) is 9.94. The van der Waals surface area contributed by atoms with Crippen LogP contribution >= 0.6 is 28.1 Å². The van der Waals surface area contributed by atoms with Gasteiger partial charge in [-0.25, -0.2) is 4.39 Å². The van der Waals surface area contributed by atoms with E-state index in [1.165, 1.54) is 12.1 Å². The van der Waals surface area contributed by atoms with E-state index in [9.17, 15) is 9.18 Å². The summed E-state index contributed by atoms with van der Waals surface area (Å²) < 4.78 is 13.9. The highest BCUT2D eigenvalue weighted by Gasteiger charge is 2.21. The summed E-state index contributed by atoms with van der Waals surface area (Å²) in [5.74, 6) is -0.677. The van der Waals surface area contributed by atoms with Crippen LogP contribution in [0.4, 0.5) is 4.39 Å². The molecule has 0 radical (unpaired) electrons. The van der Waals surface area contributed by atoms with Crippen LogP contribution in [0.25, 0.3) is 0 Å². The Morgan fingerprint density at radius 3 is 2.67 bits per heavy atom. The molecule has 114 valence electrons. The van der Waals surface area contributed by atoms with Crippen LogP contribution in [0.5, 0.6) is 0 Å². The summed E-state index contributed by atoms with van der Waals surface area (Å²) in [5, 5.41) is 2.95. The number of thiocarbonyl (C=S) groups is 1. The number of hydrogen-bond acceptors (Lipinski definition) is 3. The van der Waals surface area contributed by atoms with Gasteiger partial charge in [0.15, 0.2) is 0 Å². The molecule has 4 nitrogen and oxygen atoms in total. The standard InChI is InChI=1S/C14H17BrFN3OS/c15-10-5-9(6-11(16)7-10)14(20)18-12-1-3-19(4-2-12)8-13(17)21/h5-7,12H,1-4,8H2,(H2,17,21)(H,18,20). The topological polar surface area (TPSA) is 58.4 Å². The van der Waals surface area contributed by atoms with E-state index in [-0.39, 0.29) is 11.9 Å². The summed E-state index contributed by atoms with van der Waals surface area (Å²) in [5.41, 5.74) is 5.85. The molecule has 1 fully saturated rings. The van der Waals surface area contributed by atoms with Crippen molar-refractivity contribution in [1.82, 2.24) is 10.2 Å². The van der Waals surface area contributed by atoms with Crippen molar-refractivity contribution >= 4 is 39.0 Å². The van der Waals surface area contributed by atoms with Gasteiger partial charge in [0.25, 0.3) is 5.91 Å². The van der Waals surface area contributed by atoms with Gasteiger partial charge in [0.05, 0.1) is 4.99 Å². The van der Waals surface area contributed by atoms with Crippen LogP contribution in [-0.2, 0) is 0 Å². The van der Waals surface area contributed by atoms with Crippen LogP contribution in [0, 0.1) is 5.82 Å². The van der Waals surface area contributed by atoms with Crippen molar-refractivity contribution in [2.45, 2.75) is 18.9 Å². The Morgan fingerprint density at radius 1 is 1.43 bits per heavy atom. The Balaban J connectivity index is 1.88. The summed E-state index contributed by atoms with van der Waals surface area (Å²) in [7, 11) is 0. The third-order valence-corrected chi connectivity index (χ3v) is 4.01. The van der Waals surface area contributed by atoms with Crippen molar-refractivity contribution in [1.29, 1.82) is 0 Å². The Hall–Kier alpha value is -1.05. The maximum absolute atomic E-state index is 13.3. The first kappa shape index (κ1) is 16.3. The molecule has 0 spiro atoms. The monoisotopic (exact) mass is 373 g/mol. The minimum Gasteiger partial charge on any atom is -0.392 e. The van der Waals surface area contributed by atoms with Gasteiger partial charge in [-0.2, -0.15) is 0 Å². The maximum Gasteiger partial charge on any atom is 0.251 e. The number of nitrogens with two attached hydrogens (primary N) is 1. The Bertz CT molecular complexity index is 527. The average molecular weight is 374 g/mol. The molecule has 1 aromatic rings. The smallest absolute Gasteiger partial charge is 0.251 e. The predicted octanol–water partition coefficient (Wildman–Crippen LogP) is 2.07. The Kier molecular flexibility index (Phi) is 5.66. The molecule has 7 heteroatoms. The van der Waals surface area contributed by atoms with Crippen molar-refractivity contribution < 1.29 is 9.18 Å². The number of piperidine rings is 1. The molecule has 21 heavy (non-hydrogen) atoms. The zero-order valence-electron chi connectivity index (χ0n) is 11.4. The summed E-state index contributed by atoms with van der Waals surface area (Å²) >= 11 is 8.08. The first-order valence-electron chi connectivity index (χ1n) is 6.71. The van der Waals surface area contributed by atoms with Crippen molar-refractivity contribution in [3.63, 3.8) is 0 Å². The molecular formula is C14H17BrFN3OS. The van der Waals surface area contributed by atoms with E-state index in [4.69, 9.17) is 18.0 Å². The lowest BCUT2D eigenvalue weighted by Gasteiger charge is -2.31. The minimum absolute atomic E-state index is 0.0992. The van der Waals surface area contributed by atoms with E-state index in [1.807, 2.05) is 0 Å². The third kappa shape index (κ3) is 5.01. The Morgan fingerprint density at radius 2 is 2.10 bits per heavy atom. The molecule has 3 N–H and O–H groups in total. The molecule has 1 saturated heterocycles. The zero-order valence-corrected chi connectivity index (χ0v) is 13.8. The molecule has 0 aliphatic carbocycles. The molecule has 1 heterocycles. The SMILES string of the molecule is NC(=S)CN1CCC(NC(=O)c2cc(F)cc(Br)c2)CC1. The molecule has 1 aromatic carbocycles. The van der Waals surface area contributed by atoms with Crippen LogP contribution in [-0.4, -0.2) is 41.5 Å². The number of nitrogens with one attached hydrogen (secondary N) is 1. The van der Waals surface area contributed by atoms with E-state index < -0.39 is 5.82 Å². The molecular weight excluding hydrogens is 357 g/mol. The summed E-state index contributed by atoms with van der Waals surface area (Å²) in [4.78, 5) is 14.8. The van der Waals surface area contributed by atoms with Crippen LogP contribution in [0.15, 0.2) is 22.7 Å². The second-order valence-corrected chi connectivity index (χ2v) is 6.59. The van der Waals surface area contributed by atoms with E-state index in [1.54, 1.807) is 6.07 Å². The lowest BCUT2D eigenvalue weighted by Crippen LogP contribution is -2.46. The van der Waals surface area contributed by atoms with Gasteiger partial charge in [-0.05, 0) is 31.0 Å². The molecule has 0 unspecified atom stereocenters. The number of carbonyl (C=O) groups is 1. The number of amides is 1. The van der Waals surface area contributed by atoms with Crippen molar-refractivity contribution in [3.05, 3.63) is 34.1 Å². The molecule has 1 aliphatic heterocycles. The fourth-order valence-electron chi connectivity index (χ4n) is 2.41. The van der Waals surface area contributed by atoms with Crippen LogP contribution < -0.4 is 11.1 Å². The quantitative estimate of drug-likeness (QED) is 0.793. The van der Waals surface area contributed by atoms with Crippen molar-refractivity contribution in [3.8, 4) is 0 Å². The summed E-state index contributed by atoms with van der Waals surface area (Å²) in [6.07, 6.45) is 1.68. The second kappa shape index (κ2) is 7.29. The van der Waals surface area contributed by atoms with Gasteiger partial charge in [-0.15, -0.1) is 0 Å². The highest BCUT2D eigenvalue weighted by atomic mass is 79.9. The van der Waals surface area contributed by atoms with Crippen molar-refractivity contribution in [2.75, 3.05) is 19.6 Å². The number of benzene rings is 1. The molecule has 0 saturated carbocycles. The largest absolute Gasteiger partial charge is 0.392 e. The average Bonchev–Trinajstić information content (AvgIpc) is 2.39. The molecule has 2 rings (SSSR count). The molecule has 0 aromatic heterocycles. The van der Waals surface area contributed by atoms with Gasteiger partial charge in [0.2, 0.25) is 0 Å². The van der Waals surface area contributed by atoms with Gasteiger partial charge in [-0.3, -0.25) is 9.69 Å². The number of carbonyl (C=O) groups excluding carboxylic acids is 1.